The van der Waals surface area contributed by atoms with Crippen molar-refractivity contribution in [1.82, 2.24) is 4.90 Å². The van der Waals surface area contributed by atoms with Crippen LogP contribution in [0.4, 0.5) is 4.39 Å². The second-order valence-corrected chi connectivity index (χ2v) is 7.91. The summed E-state index contributed by atoms with van der Waals surface area (Å²) in [5.41, 5.74) is 3.99. The summed E-state index contributed by atoms with van der Waals surface area (Å²) in [5, 5.41) is 9.45. The first-order chi connectivity index (χ1) is 13.2. The number of hydrogen-bond donors (Lipinski definition) is 1. The predicted molar refractivity (Wildman–Crippen MR) is 104 cm³/mol. The van der Waals surface area contributed by atoms with Crippen LogP contribution >= 0.6 is 0 Å². The molecule has 1 heterocycles. The number of aliphatic hydroxyl groups excluding tert-OH is 1. The van der Waals surface area contributed by atoms with E-state index in [0.29, 0.717) is 6.61 Å². The van der Waals surface area contributed by atoms with Crippen molar-refractivity contribution in [2.45, 2.75) is 50.7 Å². The Kier molecular flexibility index (Phi) is 5.46. The Hall–Kier alpha value is -1.91. The van der Waals surface area contributed by atoms with E-state index in [9.17, 15) is 9.50 Å². The molecule has 1 saturated heterocycles. The largest absolute Gasteiger partial charge is 0.489 e. The van der Waals surface area contributed by atoms with Gasteiger partial charge >= 0.3 is 0 Å². The molecule has 1 fully saturated rings. The maximum atomic E-state index is 13.0. The van der Waals surface area contributed by atoms with Gasteiger partial charge in [-0.15, -0.1) is 0 Å². The molecule has 0 radical (unpaired) electrons. The molecule has 1 spiro atoms. The van der Waals surface area contributed by atoms with Crippen LogP contribution in [0.3, 0.4) is 0 Å². The average molecular weight is 369 g/mol. The van der Waals surface area contributed by atoms with Crippen LogP contribution in [0.15, 0.2) is 42.5 Å². The van der Waals surface area contributed by atoms with Gasteiger partial charge in [-0.2, -0.15) is 0 Å². The molecule has 1 unspecified atom stereocenters. The van der Waals surface area contributed by atoms with E-state index in [1.807, 2.05) is 0 Å². The number of aryl methyl sites for hydroxylation is 1. The van der Waals surface area contributed by atoms with Gasteiger partial charge in [0, 0.05) is 12.1 Å². The van der Waals surface area contributed by atoms with Crippen molar-refractivity contribution in [3.8, 4) is 5.75 Å². The fourth-order valence-corrected chi connectivity index (χ4v) is 4.76. The van der Waals surface area contributed by atoms with Crippen molar-refractivity contribution < 1.29 is 14.2 Å². The number of fused-ring (bicyclic) bond motifs is 1. The van der Waals surface area contributed by atoms with Crippen LogP contribution in [0, 0.1) is 5.82 Å². The summed E-state index contributed by atoms with van der Waals surface area (Å²) >= 11 is 0. The molecule has 2 aromatic rings. The van der Waals surface area contributed by atoms with E-state index in [4.69, 9.17) is 4.74 Å². The molecule has 4 heteroatoms. The maximum Gasteiger partial charge on any atom is 0.123 e. The number of aliphatic hydroxyl groups is 1. The third-order valence-electron chi connectivity index (χ3n) is 6.24. The van der Waals surface area contributed by atoms with Crippen LogP contribution < -0.4 is 4.74 Å². The fourth-order valence-electron chi connectivity index (χ4n) is 4.76. The van der Waals surface area contributed by atoms with Crippen LogP contribution in [0.25, 0.3) is 0 Å². The Labute approximate surface area is 160 Å². The highest BCUT2D eigenvalue weighted by atomic mass is 19.1. The Morgan fingerprint density at radius 1 is 1.04 bits per heavy atom. The van der Waals surface area contributed by atoms with Gasteiger partial charge in [0.2, 0.25) is 0 Å². The van der Waals surface area contributed by atoms with Crippen molar-refractivity contribution in [1.29, 1.82) is 0 Å². The van der Waals surface area contributed by atoms with Gasteiger partial charge < -0.3 is 9.84 Å². The lowest BCUT2D eigenvalue weighted by atomic mass is 9.72. The van der Waals surface area contributed by atoms with Gasteiger partial charge in [0.15, 0.2) is 0 Å². The molecule has 144 valence electrons. The molecule has 27 heavy (non-hydrogen) atoms. The molecule has 4 rings (SSSR count). The van der Waals surface area contributed by atoms with Gasteiger partial charge in [0.25, 0.3) is 0 Å². The summed E-state index contributed by atoms with van der Waals surface area (Å²) in [6.45, 7) is 2.58. The topological polar surface area (TPSA) is 32.7 Å². The molecule has 1 aliphatic heterocycles. The van der Waals surface area contributed by atoms with E-state index in [-0.39, 0.29) is 18.0 Å². The molecule has 1 N–H and O–H groups in total. The van der Waals surface area contributed by atoms with Crippen LogP contribution in [0.2, 0.25) is 0 Å². The Balaban J connectivity index is 1.45. The van der Waals surface area contributed by atoms with Crippen molar-refractivity contribution in [3.05, 3.63) is 65.0 Å². The third-order valence-corrected chi connectivity index (χ3v) is 6.24. The van der Waals surface area contributed by atoms with Gasteiger partial charge in [-0.05, 0) is 79.6 Å². The first kappa shape index (κ1) is 18.5. The smallest absolute Gasteiger partial charge is 0.123 e. The molecule has 0 amide bonds. The number of hydrogen-bond acceptors (Lipinski definition) is 3. The highest BCUT2D eigenvalue weighted by molar-refractivity contribution is 5.39. The number of piperidine rings is 1. The standard InChI is InChI=1S/C23H28FNO2/c24-21-6-3-18(4-7-21)17-27-22-8-5-20-16-23(11-9-19(20)15-22)10-1-2-12-25(23)13-14-26/h3-8,15,26H,1-2,9-14,16-17H2. The van der Waals surface area contributed by atoms with E-state index in [0.717, 1.165) is 43.7 Å². The van der Waals surface area contributed by atoms with Crippen molar-refractivity contribution in [3.63, 3.8) is 0 Å². The van der Waals surface area contributed by atoms with E-state index in [1.165, 1.54) is 42.5 Å². The molecule has 0 aromatic heterocycles. The number of rotatable bonds is 5. The number of likely N-dealkylation sites (tertiary alicyclic amines) is 1. The minimum Gasteiger partial charge on any atom is -0.489 e. The monoisotopic (exact) mass is 369 g/mol. The van der Waals surface area contributed by atoms with Crippen LogP contribution in [-0.2, 0) is 19.4 Å². The number of nitrogens with zero attached hydrogens (tertiary/aromatic N) is 1. The Morgan fingerprint density at radius 2 is 1.89 bits per heavy atom. The lowest BCUT2D eigenvalue weighted by Crippen LogP contribution is -2.55. The molecule has 2 aromatic carbocycles. The van der Waals surface area contributed by atoms with E-state index in [2.05, 4.69) is 23.1 Å². The van der Waals surface area contributed by atoms with Gasteiger partial charge in [-0.1, -0.05) is 24.6 Å². The van der Waals surface area contributed by atoms with Gasteiger partial charge in [0.1, 0.15) is 18.2 Å². The summed E-state index contributed by atoms with van der Waals surface area (Å²) in [6.07, 6.45) is 7.04. The Bertz CT molecular complexity index is 774. The summed E-state index contributed by atoms with van der Waals surface area (Å²) in [5.74, 6) is 0.657. The number of benzene rings is 2. The summed E-state index contributed by atoms with van der Waals surface area (Å²) in [7, 11) is 0. The predicted octanol–water partition coefficient (Wildman–Crippen LogP) is 4.11. The second-order valence-electron chi connectivity index (χ2n) is 7.91. The molecular weight excluding hydrogens is 341 g/mol. The van der Waals surface area contributed by atoms with Crippen LogP contribution in [0.1, 0.15) is 42.4 Å². The van der Waals surface area contributed by atoms with E-state index < -0.39 is 0 Å². The summed E-state index contributed by atoms with van der Waals surface area (Å²) < 4.78 is 18.9. The van der Waals surface area contributed by atoms with Crippen molar-refractivity contribution in [2.24, 2.45) is 0 Å². The van der Waals surface area contributed by atoms with Gasteiger partial charge in [-0.3, -0.25) is 4.90 Å². The quantitative estimate of drug-likeness (QED) is 0.861. The zero-order valence-electron chi connectivity index (χ0n) is 15.8. The molecule has 3 nitrogen and oxygen atoms in total. The number of β-amino-alcohol motifs (C(OH)–C–C–N with tert-alkyl or cyclic N) is 1. The van der Waals surface area contributed by atoms with Crippen LogP contribution in [0.5, 0.6) is 5.75 Å². The molecule has 0 bridgehead atoms. The Morgan fingerprint density at radius 3 is 2.70 bits per heavy atom. The second kappa shape index (κ2) is 7.99. The molecule has 1 aliphatic carbocycles. The molecule has 2 aliphatic rings. The van der Waals surface area contributed by atoms with Gasteiger partial charge in [0.05, 0.1) is 6.61 Å². The highest BCUT2D eigenvalue weighted by Gasteiger charge is 2.40. The molecular formula is C23H28FNO2. The van der Waals surface area contributed by atoms with Gasteiger partial charge in [-0.25, -0.2) is 4.39 Å². The lowest BCUT2D eigenvalue weighted by molar-refractivity contribution is 0.0208. The minimum absolute atomic E-state index is 0.223. The first-order valence-electron chi connectivity index (χ1n) is 10.0. The van der Waals surface area contributed by atoms with E-state index in [1.54, 1.807) is 12.1 Å². The van der Waals surface area contributed by atoms with Crippen molar-refractivity contribution in [2.75, 3.05) is 19.7 Å². The number of ether oxygens (including phenoxy) is 1. The SMILES string of the molecule is OCCN1CCCCC12CCc1cc(OCc3ccc(F)cc3)ccc1C2. The highest BCUT2D eigenvalue weighted by Crippen LogP contribution is 2.40. The third kappa shape index (κ3) is 4.02. The normalized spacial score (nSPS) is 22.6. The number of halogens is 1. The van der Waals surface area contributed by atoms with Crippen LogP contribution in [-0.4, -0.2) is 35.2 Å². The molecule has 0 saturated carbocycles. The maximum absolute atomic E-state index is 13.0. The summed E-state index contributed by atoms with van der Waals surface area (Å²) in [4.78, 5) is 2.53. The zero-order chi connectivity index (χ0) is 18.7. The fraction of sp³-hybridized carbons (Fsp3) is 0.478. The first-order valence-corrected chi connectivity index (χ1v) is 10.0. The zero-order valence-corrected chi connectivity index (χ0v) is 15.8. The summed E-state index contributed by atoms with van der Waals surface area (Å²) in [6, 6.07) is 12.9. The minimum atomic E-state index is -0.223. The van der Waals surface area contributed by atoms with E-state index >= 15 is 0 Å². The molecule has 1 atom stereocenters. The average Bonchev–Trinajstić information content (AvgIpc) is 2.70. The van der Waals surface area contributed by atoms with Crippen molar-refractivity contribution >= 4 is 0 Å². The lowest BCUT2D eigenvalue weighted by Gasteiger charge is -2.50.